The summed E-state index contributed by atoms with van der Waals surface area (Å²) in [6.45, 7) is 9.22. The molecule has 8 nitrogen and oxygen atoms in total. The van der Waals surface area contributed by atoms with Crippen LogP contribution in [-0.4, -0.2) is 43.6 Å². The van der Waals surface area contributed by atoms with Crippen LogP contribution in [-0.2, 0) is 32.8 Å². The number of benzene rings is 1. The Morgan fingerprint density at radius 3 is 1.30 bits per heavy atom. The molecule has 0 N–H and O–H groups in total. The van der Waals surface area contributed by atoms with E-state index in [4.69, 9.17) is 0 Å². The fourth-order valence-corrected chi connectivity index (χ4v) is 5.90. The smallest absolute Gasteiger partial charge is 0.248 e. The highest BCUT2D eigenvalue weighted by molar-refractivity contribution is 8.07. The highest BCUT2D eigenvalue weighted by Crippen LogP contribution is 2.04. The zero-order valence-corrected chi connectivity index (χ0v) is 23.3. The molecule has 0 aliphatic rings. The summed E-state index contributed by atoms with van der Waals surface area (Å²) in [5, 5.41) is -0.764. The average molecular weight is 624 g/mol. The maximum Gasteiger partial charge on any atom is 0.248 e. The first-order valence-corrected chi connectivity index (χ1v) is 13.4. The Morgan fingerprint density at radius 1 is 0.758 bits per heavy atom. The molecule has 2 aromatic heterocycles. The zero-order chi connectivity index (χ0) is 23.1. The lowest BCUT2D eigenvalue weighted by Gasteiger charge is -2.01. The first-order chi connectivity index (χ1) is 14.5. The van der Waals surface area contributed by atoms with E-state index in [1.165, 1.54) is 11.1 Å². The summed E-state index contributed by atoms with van der Waals surface area (Å²) in [5.74, 6) is 0. The summed E-state index contributed by atoms with van der Waals surface area (Å²) in [6.07, 6.45) is 17.4. The molecule has 0 amide bonds. The highest BCUT2D eigenvalue weighted by Gasteiger charge is 2.11. The van der Waals surface area contributed by atoms with E-state index in [0.29, 0.717) is 0 Å². The molecule has 3 aromatic rings. The summed E-state index contributed by atoms with van der Waals surface area (Å²) >= 11 is 0. The molecule has 2 heterocycles. The van der Waals surface area contributed by atoms with Gasteiger partial charge in [0.15, 0.2) is 24.8 Å². The molecule has 182 valence electrons. The van der Waals surface area contributed by atoms with Gasteiger partial charge in [0.05, 0.1) is 12.4 Å². The van der Waals surface area contributed by atoms with Gasteiger partial charge in [-0.2, -0.15) is 0 Å². The van der Waals surface area contributed by atoms with E-state index in [2.05, 4.69) is 46.6 Å². The molecule has 0 unspecified atom stereocenters. The van der Waals surface area contributed by atoms with Crippen molar-refractivity contribution >= 4 is 32.1 Å². The fraction of sp³-hybridized carbons (Fsp3) is 0.238. The molecule has 1 aromatic carbocycles. The Hall–Kier alpha value is -2.02. The van der Waals surface area contributed by atoms with Crippen LogP contribution in [0.1, 0.15) is 11.1 Å². The van der Waals surface area contributed by atoms with Gasteiger partial charge in [-0.3, -0.25) is 0 Å². The molecule has 0 radical (unpaired) electrons. The van der Waals surface area contributed by atoms with Gasteiger partial charge < -0.3 is 34.0 Å². The van der Waals surface area contributed by atoms with Crippen molar-refractivity contribution in [2.24, 2.45) is 0 Å². The topological polar surface area (TPSA) is 85.9 Å². The van der Waals surface area contributed by atoms with E-state index in [0.717, 1.165) is 25.6 Å². The van der Waals surface area contributed by atoms with Crippen molar-refractivity contribution in [1.29, 1.82) is 0 Å². The Kier molecular flexibility index (Phi) is 12.8. The van der Waals surface area contributed by atoms with E-state index in [-0.39, 0.29) is 34.0 Å². The minimum Gasteiger partial charge on any atom is -1.00 e. The Morgan fingerprint density at radius 2 is 1.09 bits per heavy atom. The summed E-state index contributed by atoms with van der Waals surface area (Å²) < 4.78 is 49.2. The van der Waals surface area contributed by atoms with Gasteiger partial charge in [0.1, 0.15) is 37.9 Å². The largest absolute Gasteiger partial charge is 1.00 e. The second-order valence-electron chi connectivity index (χ2n) is 7.22. The van der Waals surface area contributed by atoms with Crippen molar-refractivity contribution < 1.29 is 59.9 Å². The predicted octanol–water partition coefficient (Wildman–Crippen LogP) is -4.80. The summed E-state index contributed by atoms with van der Waals surface area (Å²) in [7, 11) is -6.74. The number of aromatic nitrogens is 4. The second kappa shape index (κ2) is 13.6. The van der Waals surface area contributed by atoms with Crippen molar-refractivity contribution in [3.63, 3.8) is 0 Å². The average Bonchev–Trinajstić information content (AvgIpc) is 3.30. The number of hydrogen-bond acceptors (Lipinski definition) is 4. The third kappa shape index (κ3) is 12.1. The second-order valence-corrected chi connectivity index (χ2v) is 11.9. The lowest BCUT2D eigenvalue weighted by Crippen LogP contribution is -3.00. The fourth-order valence-electron chi connectivity index (χ4n) is 2.79. The van der Waals surface area contributed by atoms with E-state index < -0.39 is 24.8 Å². The minimum absolute atomic E-state index is 0. The maximum absolute atomic E-state index is 10.3. The summed E-state index contributed by atoms with van der Waals surface area (Å²) in [5.41, 5.74) is 2.56. The normalized spacial score (nSPS) is 10.7. The summed E-state index contributed by atoms with van der Waals surface area (Å²) in [4.78, 5) is 0. The van der Waals surface area contributed by atoms with Crippen molar-refractivity contribution in [3.8, 4) is 0 Å². The molecule has 3 rings (SSSR count). The van der Waals surface area contributed by atoms with Crippen molar-refractivity contribution in [1.82, 2.24) is 9.13 Å². The Bertz CT molecular complexity index is 1150. The molecule has 12 heteroatoms. The quantitative estimate of drug-likeness (QED) is 0.236. The van der Waals surface area contributed by atoms with Crippen molar-refractivity contribution in [2.75, 3.05) is 17.6 Å². The van der Waals surface area contributed by atoms with E-state index in [1.807, 2.05) is 46.6 Å². The molecular weight excluding hydrogens is 596 g/mol. The molecule has 0 atom stereocenters. The number of nitrogens with zero attached hydrogens (tertiary/aromatic N) is 4. The van der Waals surface area contributed by atoms with Crippen LogP contribution in [0.25, 0.3) is 12.4 Å². The van der Waals surface area contributed by atoms with Gasteiger partial charge in [0.2, 0.25) is 12.7 Å². The van der Waals surface area contributed by atoms with E-state index in [9.17, 15) is 16.8 Å². The Balaban J connectivity index is 0.000000805. The number of hydrogen-bond donors (Lipinski definition) is 0. The number of sulfone groups is 2. The third-order valence-electron chi connectivity index (χ3n) is 4.03. The molecule has 0 aliphatic carbocycles. The first kappa shape index (κ1) is 31.0. The van der Waals surface area contributed by atoms with Gasteiger partial charge in [0, 0.05) is 12.5 Å². The summed E-state index contributed by atoms with van der Waals surface area (Å²) in [6, 6.07) is 8.72. The van der Waals surface area contributed by atoms with Gasteiger partial charge in [0.25, 0.3) is 0 Å². The molecule has 0 aliphatic heterocycles. The molecular formula is C21H28Br2N4O4S2. The van der Waals surface area contributed by atoms with Crippen LogP contribution in [0.3, 0.4) is 0 Å². The van der Waals surface area contributed by atoms with Crippen LogP contribution in [0.2, 0.25) is 0 Å². The van der Waals surface area contributed by atoms with E-state index >= 15 is 0 Å². The minimum atomic E-state index is -3.37. The first-order valence-electron chi connectivity index (χ1n) is 9.29. The lowest BCUT2D eigenvalue weighted by molar-refractivity contribution is -0.688. The van der Waals surface area contributed by atoms with E-state index in [1.54, 1.807) is 12.4 Å². The molecule has 0 fully saturated rings. The van der Waals surface area contributed by atoms with Crippen molar-refractivity contribution in [3.05, 3.63) is 86.0 Å². The van der Waals surface area contributed by atoms with Crippen LogP contribution in [0.5, 0.6) is 0 Å². The predicted molar refractivity (Wildman–Crippen MR) is 121 cm³/mol. The monoisotopic (exact) mass is 622 g/mol. The zero-order valence-electron chi connectivity index (χ0n) is 18.5. The molecule has 0 bridgehead atoms. The number of imidazole rings is 2. The maximum atomic E-state index is 10.3. The van der Waals surface area contributed by atoms with Gasteiger partial charge in [-0.1, -0.05) is 37.4 Å². The van der Waals surface area contributed by atoms with Crippen LogP contribution >= 0.6 is 0 Å². The molecule has 0 saturated heterocycles. The molecule has 0 spiro atoms. The number of halogens is 2. The highest BCUT2D eigenvalue weighted by atomic mass is 79.9. The molecule has 33 heavy (non-hydrogen) atoms. The standard InChI is InChI=1S/C18H20N4.C3H8O4S2.2BrH/c1-3-19-9-11-21(15-19)13-17-5-7-18(8-6-17)14-22-12-10-20(4-2)16-22;1-8(4,5)3-9(2,6)7;;/h3-12,15-16H,1-2,13-14H2;3H2,1-2H3;2*1H/q+2;;;/p-2. The van der Waals surface area contributed by atoms with Gasteiger partial charge in [-0.25, -0.2) is 35.1 Å². The van der Waals surface area contributed by atoms with Gasteiger partial charge >= 0.3 is 0 Å². The Labute approximate surface area is 216 Å². The van der Waals surface area contributed by atoms with Gasteiger partial charge in [-0.15, -0.1) is 0 Å². The van der Waals surface area contributed by atoms with Crippen molar-refractivity contribution in [2.45, 2.75) is 13.1 Å². The SMILES string of the molecule is C=Cn1cc[n+](Cc2ccc(C[n+]3ccn(C=C)c3)cc2)c1.CS(=O)(=O)CS(C)(=O)=O.[Br-].[Br-]. The van der Waals surface area contributed by atoms with Gasteiger partial charge in [-0.05, 0) is 11.1 Å². The van der Waals surface area contributed by atoms with Crippen LogP contribution in [0, 0.1) is 0 Å². The molecule has 0 saturated carbocycles. The lowest BCUT2D eigenvalue weighted by atomic mass is 10.1. The van der Waals surface area contributed by atoms with Crippen LogP contribution < -0.4 is 43.1 Å². The third-order valence-corrected chi connectivity index (χ3v) is 7.45. The van der Waals surface area contributed by atoms with Crippen LogP contribution in [0.4, 0.5) is 0 Å². The number of rotatable bonds is 8. The van der Waals surface area contributed by atoms with Crippen LogP contribution in [0.15, 0.2) is 74.9 Å².